The summed E-state index contributed by atoms with van der Waals surface area (Å²) in [7, 11) is 1.57. The number of hydrogen-bond acceptors (Lipinski definition) is 5. The average molecular weight is 426 g/mol. The Bertz CT molecular complexity index is 1000. The van der Waals surface area contributed by atoms with Crippen LogP contribution in [0.5, 0.6) is 5.75 Å². The number of imide groups is 1. The summed E-state index contributed by atoms with van der Waals surface area (Å²) in [5, 5.41) is 2.24. The van der Waals surface area contributed by atoms with Crippen LogP contribution in [0.3, 0.4) is 0 Å². The van der Waals surface area contributed by atoms with E-state index in [2.05, 4.69) is 5.32 Å². The lowest BCUT2D eigenvalue weighted by Crippen LogP contribution is -2.36. The highest BCUT2D eigenvalue weighted by molar-refractivity contribution is 8.18. The Balaban J connectivity index is 1.52. The molecule has 1 saturated heterocycles. The van der Waals surface area contributed by atoms with E-state index < -0.39 is 5.91 Å². The van der Waals surface area contributed by atoms with Crippen molar-refractivity contribution in [1.82, 2.24) is 10.2 Å². The molecule has 0 bridgehead atoms. The molecule has 0 aliphatic carbocycles. The summed E-state index contributed by atoms with van der Waals surface area (Å²) in [6.45, 7) is 0.196. The Morgan fingerprint density at radius 3 is 2.43 bits per heavy atom. The lowest BCUT2D eigenvalue weighted by molar-refractivity contribution is -0.123. The predicted octanol–water partition coefficient (Wildman–Crippen LogP) is 3.70. The van der Waals surface area contributed by atoms with Crippen molar-refractivity contribution in [3.05, 3.63) is 76.5 Å². The van der Waals surface area contributed by atoms with Gasteiger partial charge >= 0.3 is 0 Å². The number of benzene rings is 2. The lowest BCUT2D eigenvalue weighted by atomic mass is 10.2. The molecule has 0 unspecified atom stereocenters. The molecule has 30 heavy (non-hydrogen) atoms. The van der Waals surface area contributed by atoms with Gasteiger partial charge in [0, 0.05) is 19.2 Å². The molecule has 1 N–H and O–H groups in total. The van der Waals surface area contributed by atoms with Crippen LogP contribution in [-0.2, 0) is 9.59 Å². The Hall–Kier alpha value is -3.39. The van der Waals surface area contributed by atoms with Crippen molar-refractivity contribution in [3.8, 4) is 5.75 Å². The normalized spacial score (nSPS) is 15.3. The van der Waals surface area contributed by atoms with Gasteiger partial charge in [0.05, 0.1) is 12.0 Å². The van der Waals surface area contributed by atoms with Gasteiger partial charge in [-0.25, -0.2) is 4.39 Å². The largest absolute Gasteiger partial charge is 0.497 e. The molecular formula is C22H19FN2O4S. The predicted molar refractivity (Wildman–Crippen MR) is 114 cm³/mol. The van der Waals surface area contributed by atoms with Crippen molar-refractivity contribution in [2.45, 2.75) is 0 Å². The average Bonchev–Trinajstić information content (AvgIpc) is 3.01. The maximum atomic E-state index is 12.9. The molecule has 6 nitrogen and oxygen atoms in total. The van der Waals surface area contributed by atoms with Gasteiger partial charge in [-0.3, -0.25) is 19.3 Å². The second-order valence-corrected chi connectivity index (χ2v) is 7.28. The number of hydrogen-bond donors (Lipinski definition) is 1. The third kappa shape index (κ3) is 5.57. The highest BCUT2D eigenvalue weighted by Gasteiger charge is 2.34. The van der Waals surface area contributed by atoms with Crippen molar-refractivity contribution in [1.29, 1.82) is 0 Å². The van der Waals surface area contributed by atoms with Crippen molar-refractivity contribution >= 4 is 41.0 Å². The minimum atomic E-state index is -0.392. The first kappa shape index (κ1) is 21.3. The summed E-state index contributed by atoms with van der Waals surface area (Å²) in [5.41, 5.74) is 1.46. The smallest absolute Gasteiger partial charge is 0.293 e. The first-order valence-electron chi connectivity index (χ1n) is 9.07. The number of thioether (sulfide) groups is 1. The number of halogens is 1. The molecule has 154 valence electrons. The summed E-state index contributed by atoms with van der Waals surface area (Å²) in [4.78, 5) is 38.0. The minimum absolute atomic E-state index is 0.0702. The van der Waals surface area contributed by atoms with Gasteiger partial charge in [0.2, 0.25) is 5.91 Å². The zero-order valence-electron chi connectivity index (χ0n) is 16.1. The first-order valence-corrected chi connectivity index (χ1v) is 9.89. The van der Waals surface area contributed by atoms with Crippen LogP contribution in [-0.4, -0.2) is 42.2 Å². The summed E-state index contributed by atoms with van der Waals surface area (Å²) in [5.74, 6) is -0.420. The third-order valence-electron chi connectivity index (χ3n) is 4.22. The molecule has 3 amide bonds. The molecule has 3 rings (SSSR count). The van der Waals surface area contributed by atoms with Crippen molar-refractivity contribution in [2.24, 2.45) is 0 Å². The van der Waals surface area contributed by atoms with Gasteiger partial charge in [-0.2, -0.15) is 0 Å². The van der Waals surface area contributed by atoms with Crippen LogP contribution in [0.4, 0.5) is 9.18 Å². The minimum Gasteiger partial charge on any atom is -0.497 e. The lowest BCUT2D eigenvalue weighted by Gasteiger charge is -2.12. The summed E-state index contributed by atoms with van der Waals surface area (Å²) in [6, 6.07) is 12.8. The van der Waals surface area contributed by atoms with E-state index in [1.165, 1.54) is 18.2 Å². The third-order valence-corrected chi connectivity index (χ3v) is 5.13. The number of carbonyl (C=O) groups is 3. The number of carbonyl (C=O) groups excluding carboxylic acids is 3. The van der Waals surface area contributed by atoms with Crippen LogP contribution in [0.15, 0.2) is 59.5 Å². The molecule has 0 radical (unpaired) electrons. The molecule has 2 aromatic rings. The fraction of sp³-hybridized carbons (Fsp3) is 0.136. The van der Waals surface area contributed by atoms with Crippen LogP contribution >= 0.6 is 11.8 Å². The first-order chi connectivity index (χ1) is 14.5. The van der Waals surface area contributed by atoms with Gasteiger partial charge in [-0.05, 0) is 59.3 Å². The molecule has 0 aromatic heterocycles. The van der Waals surface area contributed by atoms with Crippen molar-refractivity contribution in [3.63, 3.8) is 0 Å². The van der Waals surface area contributed by atoms with Gasteiger partial charge in [0.25, 0.3) is 11.1 Å². The number of rotatable bonds is 7. The maximum Gasteiger partial charge on any atom is 0.293 e. The van der Waals surface area contributed by atoms with Gasteiger partial charge in [-0.15, -0.1) is 0 Å². The molecule has 0 atom stereocenters. The quantitative estimate of drug-likeness (QED) is 0.684. The highest BCUT2D eigenvalue weighted by Crippen LogP contribution is 2.32. The monoisotopic (exact) mass is 426 g/mol. The number of nitrogens with zero attached hydrogens (tertiary/aromatic N) is 1. The van der Waals surface area contributed by atoms with E-state index in [1.54, 1.807) is 55.7 Å². The van der Waals surface area contributed by atoms with Crippen LogP contribution < -0.4 is 10.1 Å². The Kier molecular flexibility index (Phi) is 7.03. The zero-order valence-corrected chi connectivity index (χ0v) is 16.9. The summed E-state index contributed by atoms with van der Waals surface area (Å²) < 4.78 is 18.0. The molecular weight excluding hydrogens is 407 g/mol. The maximum absolute atomic E-state index is 12.9. The second-order valence-electron chi connectivity index (χ2n) is 6.28. The molecule has 0 saturated carbocycles. The van der Waals surface area contributed by atoms with Crippen molar-refractivity contribution in [2.75, 3.05) is 20.2 Å². The van der Waals surface area contributed by atoms with Crippen LogP contribution in [0.2, 0.25) is 0 Å². The Morgan fingerprint density at radius 1 is 1.10 bits per heavy atom. The van der Waals surface area contributed by atoms with E-state index in [-0.39, 0.29) is 30.1 Å². The van der Waals surface area contributed by atoms with E-state index in [0.29, 0.717) is 16.2 Å². The number of methoxy groups -OCH3 is 1. The molecule has 1 aliphatic rings. The SMILES string of the molecule is COc1ccc(C=C2SC(=O)N(CCNC(=O)C=Cc3ccc(F)cc3)C2=O)cc1. The second kappa shape index (κ2) is 9.89. The van der Waals surface area contributed by atoms with E-state index >= 15 is 0 Å². The molecule has 1 aliphatic heterocycles. The number of amides is 3. The van der Waals surface area contributed by atoms with E-state index in [0.717, 1.165) is 22.2 Å². The number of nitrogens with one attached hydrogen (secondary N) is 1. The van der Waals surface area contributed by atoms with Crippen LogP contribution in [0, 0.1) is 5.82 Å². The Labute approximate surface area is 177 Å². The van der Waals surface area contributed by atoms with E-state index in [1.807, 2.05) is 0 Å². The fourth-order valence-electron chi connectivity index (χ4n) is 2.64. The van der Waals surface area contributed by atoms with Crippen LogP contribution in [0.1, 0.15) is 11.1 Å². The van der Waals surface area contributed by atoms with Gasteiger partial charge in [0.1, 0.15) is 11.6 Å². The summed E-state index contributed by atoms with van der Waals surface area (Å²) >= 11 is 0.864. The summed E-state index contributed by atoms with van der Waals surface area (Å²) in [6.07, 6.45) is 4.51. The molecule has 1 heterocycles. The molecule has 2 aromatic carbocycles. The zero-order chi connectivity index (χ0) is 21.5. The van der Waals surface area contributed by atoms with Crippen molar-refractivity contribution < 1.29 is 23.5 Å². The molecule has 0 spiro atoms. The Morgan fingerprint density at radius 2 is 1.77 bits per heavy atom. The van der Waals surface area contributed by atoms with E-state index in [4.69, 9.17) is 4.74 Å². The highest BCUT2D eigenvalue weighted by atomic mass is 32.2. The molecule has 1 fully saturated rings. The van der Waals surface area contributed by atoms with Crippen LogP contribution in [0.25, 0.3) is 12.2 Å². The van der Waals surface area contributed by atoms with Gasteiger partial charge in [-0.1, -0.05) is 24.3 Å². The topological polar surface area (TPSA) is 75.7 Å². The van der Waals surface area contributed by atoms with E-state index in [9.17, 15) is 18.8 Å². The van der Waals surface area contributed by atoms with Gasteiger partial charge < -0.3 is 10.1 Å². The van der Waals surface area contributed by atoms with Gasteiger partial charge in [0.15, 0.2) is 0 Å². The standard InChI is InChI=1S/C22H19FN2O4S/c1-29-18-9-4-16(5-10-18)14-19-21(27)25(22(28)30-19)13-12-24-20(26)11-6-15-2-7-17(23)8-3-15/h2-11,14H,12-13H2,1H3,(H,24,26). The fourth-order valence-corrected chi connectivity index (χ4v) is 3.50. The number of ether oxygens (including phenoxy) is 1. The molecule has 8 heteroatoms.